The van der Waals surface area contributed by atoms with Crippen molar-refractivity contribution in [2.75, 3.05) is 25.1 Å². The van der Waals surface area contributed by atoms with Crippen molar-refractivity contribution in [1.82, 2.24) is 0 Å². The van der Waals surface area contributed by atoms with E-state index in [1.165, 1.54) is 23.9 Å². The van der Waals surface area contributed by atoms with Crippen molar-refractivity contribution in [1.29, 1.82) is 0 Å². The van der Waals surface area contributed by atoms with Gasteiger partial charge in [0.2, 0.25) is 17.7 Å². The van der Waals surface area contributed by atoms with E-state index in [2.05, 4.69) is 16.2 Å². The van der Waals surface area contributed by atoms with E-state index in [-0.39, 0.29) is 44.4 Å². The van der Waals surface area contributed by atoms with Crippen LogP contribution in [0.15, 0.2) is 24.3 Å². The summed E-state index contributed by atoms with van der Waals surface area (Å²) in [5, 5.41) is 32.7. The monoisotopic (exact) mass is 925 g/mol. The summed E-state index contributed by atoms with van der Waals surface area (Å²) < 4.78 is 9.48. The Labute approximate surface area is 366 Å². The molecule has 1 aromatic carbocycles. The number of ether oxygens (including phenoxy) is 2. The number of hydrogen-bond donors (Lipinski definition) is 15. The predicted molar refractivity (Wildman–Crippen MR) is 226 cm³/mol. The molecule has 3 amide bonds. The third kappa shape index (κ3) is 40.0. The molecule has 0 heterocycles. The second-order valence-corrected chi connectivity index (χ2v) is 13.7. The molecule has 0 saturated carbocycles. The molecule has 28 heteroatoms. The first-order valence-corrected chi connectivity index (χ1v) is 19.8. The number of hydrogen-bond acceptors (Lipinski definition) is 21. The number of rotatable bonds is 24. The number of nitrogens with two attached hydrogens (primary N) is 11. The lowest BCUT2D eigenvalue weighted by Gasteiger charge is -2.12. The highest BCUT2D eigenvalue weighted by Crippen LogP contribution is 2.14. The number of carbonyl (C=O) groups is 10. The van der Waals surface area contributed by atoms with E-state index in [0.29, 0.717) is 30.7 Å². The molecule has 0 unspecified atom stereocenters. The molecule has 0 radical (unpaired) electrons. The molecule has 26 N–H and O–H groups in total. The first-order chi connectivity index (χ1) is 29.2. The highest BCUT2D eigenvalue weighted by atomic mass is 32.2. The van der Waals surface area contributed by atoms with Gasteiger partial charge >= 0.3 is 41.8 Å². The van der Waals surface area contributed by atoms with Gasteiger partial charge in [0.1, 0.15) is 42.0 Å². The molecule has 360 valence electrons. The normalized spacial score (nSPS) is 12.8. The lowest BCUT2D eigenvalue weighted by Crippen LogP contribution is -2.41. The van der Waals surface area contributed by atoms with Crippen molar-refractivity contribution in [2.24, 2.45) is 63.1 Å². The Kier molecular flexibility index (Phi) is 38.3. The molecule has 6 atom stereocenters. The molecule has 0 saturated heterocycles. The van der Waals surface area contributed by atoms with E-state index in [9.17, 15) is 47.9 Å². The van der Waals surface area contributed by atoms with E-state index in [0.717, 1.165) is 12.8 Å². The van der Waals surface area contributed by atoms with Crippen molar-refractivity contribution in [3.8, 4) is 5.75 Å². The summed E-state index contributed by atoms with van der Waals surface area (Å²) in [6, 6.07) is 0.347. The zero-order valence-electron chi connectivity index (χ0n) is 34.7. The zero-order valence-corrected chi connectivity index (χ0v) is 35.5. The maximum atomic E-state index is 11.7. The highest BCUT2D eigenvalue weighted by Gasteiger charge is 2.24. The number of benzene rings is 1. The summed E-state index contributed by atoms with van der Waals surface area (Å²) in [5.41, 5.74) is 56.9. The largest absolute Gasteiger partial charge is 0.480 e. The van der Waals surface area contributed by atoms with Crippen LogP contribution < -0.4 is 67.8 Å². The number of carboxylic acid groups (broad SMARTS) is 4. The van der Waals surface area contributed by atoms with Gasteiger partial charge in [-0.2, -0.15) is 11.8 Å². The molecule has 0 aliphatic rings. The lowest BCUT2D eigenvalue weighted by molar-refractivity contribution is -0.162. The SMILES string of the molecule is CSCC[C@H](N)C(=O)OC(=O)[C@@H](N)CC(N)=O.NC(=O)CC[C@H](N)C(=O)Oc1ccc(C[C@H](N)C(=O)O)cc1.NC(=O)C[C@H](N)C(=O)O.NCC(=O)O.NCCCC[C@H](N)C(=O)O. The Hall–Kier alpha value is -5.85. The van der Waals surface area contributed by atoms with E-state index >= 15 is 0 Å². The van der Waals surface area contributed by atoms with Crippen LogP contribution in [0.1, 0.15) is 56.9 Å². The molecule has 1 rings (SSSR count). The molecule has 1 aromatic rings. The van der Waals surface area contributed by atoms with Crippen LogP contribution in [0.5, 0.6) is 5.75 Å². The van der Waals surface area contributed by atoms with E-state index in [1.807, 2.05) is 6.26 Å². The van der Waals surface area contributed by atoms with Crippen LogP contribution in [0, 0.1) is 0 Å². The number of unbranched alkanes of at least 4 members (excludes halogenated alkanes) is 1. The summed E-state index contributed by atoms with van der Waals surface area (Å²) in [5.74, 6) is -7.74. The van der Waals surface area contributed by atoms with Crippen LogP contribution >= 0.6 is 11.8 Å². The van der Waals surface area contributed by atoms with Crippen LogP contribution in [0.2, 0.25) is 0 Å². The zero-order chi connectivity index (χ0) is 49.8. The predicted octanol–water partition coefficient (Wildman–Crippen LogP) is -5.69. The molecule has 0 spiro atoms. The number of primary amides is 3. The van der Waals surface area contributed by atoms with Gasteiger partial charge in [-0.1, -0.05) is 18.6 Å². The summed E-state index contributed by atoms with van der Waals surface area (Å²) in [6.45, 7) is 0.326. The fourth-order valence-electron chi connectivity index (χ4n) is 3.49. The van der Waals surface area contributed by atoms with Crippen LogP contribution in [0.25, 0.3) is 0 Å². The van der Waals surface area contributed by atoms with Crippen molar-refractivity contribution < 1.29 is 77.8 Å². The topological polar surface area (TPSA) is 556 Å². The van der Waals surface area contributed by atoms with Gasteiger partial charge in [0.25, 0.3) is 0 Å². The van der Waals surface area contributed by atoms with Gasteiger partial charge in [-0.25, -0.2) is 14.4 Å². The molecule has 63 heavy (non-hydrogen) atoms. The number of carboxylic acids is 4. The number of amides is 3. The van der Waals surface area contributed by atoms with E-state index in [4.69, 9.17) is 76.8 Å². The van der Waals surface area contributed by atoms with Crippen LogP contribution in [-0.4, -0.2) is 141 Å². The Morgan fingerprint density at radius 3 is 1.40 bits per heavy atom. The van der Waals surface area contributed by atoms with Gasteiger partial charge in [0, 0.05) is 6.42 Å². The van der Waals surface area contributed by atoms with Gasteiger partial charge in [-0.05, 0) is 68.4 Å². The van der Waals surface area contributed by atoms with Crippen molar-refractivity contribution in [3.63, 3.8) is 0 Å². The Bertz CT molecular complexity index is 1590. The second-order valence-electron chi connectivity index (χ2n) is 12.7. The Morgan fingerprint density at radius 2 is 1.02 bits per heavy atom. The van der Waals surface area contributed by atoms with Gasteiger partial charge in [-0.3, -0.25) is 33.6 Å². The Morgan fingerprint density at radius 1 is 0.571 bits per heavy atom. The molecule has 0 bridgehead atoms. The summed E-state index contributed by atoms with van der Waals surface area (Å²) in [7, 11) is 0. The molecular formula is C35H63N11O16S. The molecule has 0 aliphatic heterocycles. The lowest BCUT2D eigenvalue weighted by atomic mass is 10.1. The van der Waals surface area contributed by atoms with E-state index in [1.54, 1.807) is 12.1 Å². The second kappa shape index (κ2) is 37.9. The van der Waals surface area contributed by atoms with Crippen molar-refractivity contribution >= 4 is 71.3 Å². The van der Waals surface area contributed by atoms with Crippen molar-refractivity contribution in [2.45, 2.75) is 94.0 Å². The Balaban J connectivity index is -0.000000375. The highest BCUT2D eigenvalue weighted by molar-refractivity contribution is 7.98. The van der Waals surface area contributed by atoms with Gasteiger partial charge in [-0.15, -0.1) is 0 Å². The van der Waals surface area contributed by atoms with Crippen LogP contribution in [-0.2, 0) is 59.1 Å². The first-order valence-electron chi connectivity index (χ1n) is 18.4. The minimum atomic E-state index is -1.23. The molecule has 0 fully saturated rings. The molecular weight excluding hydrogens is 863 g/mol. The van der Waals surface area contributed by atoms with Gasteiger partial charge in [0.05, 0.1) is 19.4 Å². The first kappa shape index (κ1) is 63.8. The van der Waals surface area contributed by atoms with Crippen LogP contribution in [0.3, 0.4) is 0 Å². The molecule has 0 aliphatic carbocycles. The summed E-state index contributed by atoms with van der Waals surface area (Å²) in [4.78, 5) is 105. The number of thioether (sulfide) groups is 1. The molecule has 27 nitrogen and oxygen atoms in total. The maximum Gasteiger partial charge on any atom is 0.331 e. The fourth-order valence-corrected chi connectivity index (χ4v) is 3.98. The fraction of sp³-hybridized carbons (Fsp3) is 0.543. The van der Waals surface area contributed by atoms with Crippen LogP contribution in [0.4, 0.5) is 0 Å². The standard InChI is InChI=1S/C14H19N3O5.C9H17N3O4S.C6H14N2O2.C4H8N2O3.C2H5NO2/c15-10(5-6-12(17)18)14(21)22-9-3-1-8(2-4-9)7-11(16)13(19)20;1-17-3-2-5(10)8(14)16-9(15)6(11)4-7(12)13;7-4-2-1-3-5(8)6(9)10;5-2(4(8)9)1-3(6)7;3-1-2(4)5/h1-4,10-11H,5-7,15-16H2,(H2,17,18)(H,19,20);5-6H,2-4,10-11H2,1H3,(H2,12,13);5H,1-4,7-8H2,(H,9,10);2H,1,5H2,(H2,6,7)(H,8,9);1,3H2,(H,4,5)/t10-,11-;5-,6-;5-;2-;/m0000./s1. The molecule has 0 aromatic heterocycles. The van der Waals surface area contributed by atoms with Gasteiger partial charge in [0.15, 0.2) is 0 Å². The average Bonchev–Trinajstić information content (AvgIpc) is 3.19. The smallest absolute Gasteiger partial charge is 0.331 e. The van der Waals surface area contributed by atoms with Gasteiger partial charge < -0.3 is 93.0 Å². The van der Waals surface area contributed by atoms with Crippen molar-refractivity contribution in [3.05, 3.63) is 29.8 Å². The average molecular weight is 926 g/mol. The summed E-state index contributed by atoms with van der Waals surface area (Å²) >= 11 is 1.52. The minimum absolute atomic E-state index is 0.00226. The summed E-state index contributed by atoms with van der Waals surface area (Å²) in [6.07, 6.45) is 4.03. The quantitative estimate of drug-likeness (QED) is 0.0199. The number of aliphatic carboxylic acids is 4. The minimum Gasteiger partial charge on any atom is -0.480 e. The number of esters is 3. The number of carbonyl (C=O) groups excluding carboxylic acids is 6. The van der Waals surface area contributed by atoms with E-state index < -0.39 is 95.8 Å². The third-order valence-corrected chi connectivity index (χ3v) is 7.62. The maximum absolute atomic E-state index is 11.7. The third-order valence-electron chi connectivity index (χ3n) is 6.98.